The lowest BCUT2D eigenvalue weighted by Crippen LogP contribution is -2.15. The molecule has 1 rings (SSSR count). The molecular weight excluding hydrogens is 368 g/mol. The Bertz CT molecular complexity index is 469. The molecule has 0 heterocycles. The summed E-state index contributed by atoms with van der Waals surface area (Å²) in [6.07, 6.45) is 0. The van der Waals surface area contributed by atoms with Gasteiger partial charge in [-0.1, -0.05) is 18.2 Å². The van der Waals surface area contributed by atoms with Crippen LogP contribution in [0.4, 0.5) is 0 Å². The lowest BCUT2D eigenvalue weighted by atomic mass is 10.3. The van der Waals surface area contributed by atoms with Gasteiger partial charge in [-0.2, -0.15) is 0 Å². The number of para-hydroxylation sites is 1. The van der Waals surface area contributed by atoms with Crippen LogP contribution in [0.3, 0.4) is 0 Å². The Morgan fingerprint density at radius 2 is 1.00 bits per heavy atom. The molecule has 0 saturated heterocycles. The number of carbonyl (C=O) groups is 1. The Labute approximate surface area is 166 Å². The maximum atomic E-state index is 10.5. The zero-order valence-electron chi connectivity index (χ0n) is 16.6. The molecule has 1 aromatic rings. The van der Waals surface area contributed by atoms with E-state index in [-0.39, 0.29) is 12.6 Å². The molecule has 0 unspecified atom stereocenters. The number of ether oxygens (including phenoxy) is 7. The van der Waals surface area contributed by atoms with Gasteiger partial charge in [0, 0.05) is 6.92 Å². The first-order chi connectivity index (χ1) is 13.8. The van der Waals surface area contributed by atoms with Gasteiger partial charge in [0.2, 0.25) is 0 Å². The first-order valence-electron chi connectivity index (χ1n) is 9.49. The maximum Gasteiger partial charge on any atom is 0.302 e. The van der Waals surface area contributed by atoms with Crippen LogP contribution >= 0.6 is 0 Å². The van der Waals surface area contributed by atoms with Crippen molar-refractivity contribution in [3.8, 4) is 5.75 Å². The second-order valence-corrected chi connectivity index (χ2v) is 5.56. The zero-order chi connectivity index (χ0) is 20.1. The first-order valence-corrected chi connectivity index (χ1v) is 9.49. The summed E-state index contributed by atoms with van der Waals surface area (Å²) in [6.45, 7) is 7.08. The summed E-state index contributed by atoms with van der Waals surface area (Å²) in [6, 6.07) is 9.64. The van der Waals surface area contributed by atoms with Crippen molar-refractivity contribution < 1.29 is 38.0 Å². The number of hydrogen-bond acceptors (Lipinski definition) is 8. The quantitative estimate of drug-likeness (QED) is 0.256. The molecule has 1 aromatic carbocycles. The largest absolute Gasteiger partial charge is 0.491 e. The van der Waals surface area contributed by atoms with Gasteiger partial charge in [0.1, 0.15) is 19.0 Å². The van der Waals surface area contributed by atoms with Gasteiger partial charge in [-0.3, -0.25) is 4.79 Å². The van der Waals surface area contributed by atoms with E-state index in [1.807, 2.05) is 30.3 Å². The third-order valence-electron chi connectivity index (χ3n) is 3.26. The van der Waals surface area contributed by atoms with Crippen molar-refractivity contribution in [2.45, 2.75) is 6.92 Å². The normalized spacial score (nSPS) is 10.8. The average molecular weight is 400 g/mol. The van der Waals surface area contributed by atoms with Gasteiger partial charge in [0.15, 0.2) is 0 Å². The summed E-state index contributed by atoms with van der Waals surface area (Å²) in [4.78, 5) is 10.5. The molecule has 0 aliphatic carbocycles. The minimum Gasteiger partial charge on any atom is -0.491 e. The van der Waals surface area contributed by atoms with Crippen LogP contribution in [0.25, 0.3) is 0 Å². The molecule has 0 spiro atoms. The number of esters is 1. The third kappa shape index (κ3) is 16.5. The lowest BCUT2D eigenvalue weighted by Gasteiger charge is -2.08. The molecule has 0 atom stereocenters. The number of benzene rings is 1. The molecule has 0 amide bonds. The summed E-state index contributed by atoms with van der Waals surface area (Å²) < 4.78 is 37.1. The highest BCUT2D eigenvalue weighted by molar-refractivity contribution is 5.65. The molecule has 28 heavy (non-hydrogen) atoms. The van der Waals surface area contributed by atoms with E-state index >= 15 is 0 Å². The Hall–Kier alpha value is -1.71. The molecule has 8 nitrogen and oxygen atoms in total. The standard InChI is InChI=1S/C20H32O8/c1-19(21)27-17-15-25-13-11-23-9-7-22-8-10-24-12-14-26-16-18-28-20-5-3-2-4-6-20/h2-6H,7-18H2,1H3. The minimum atomic E-state index is -0.304. The maximum absolute atomic E-state index is 10.5. The predicted octanol–water partition coefficient (Wildman–Crippen LogP) is 1.71. The Balaban J connectivity index is 1.68. The predicted molar refractivity (Wildman–Crippen MR) is 103 cm³/mol. The van der Waals surface area contributed by atoms with Crippen LogP contribution in [0, 0.1) is 0 Å². The molecule has 0 fully saturated rings. The van der Waals surface area contributed by atoms with Gasteiger partial charge in [0.25, 0.3) is 0 Å². The van der Waals surface area contributed by atoms with E-state index in [1.54, 1.807) is 0 Å². The molecule has 0 bridgehead atoms. The summed E-state index contributed by atoms with van der Waals surface area (Å²) in [5.41, 5.74) is 0. The fourth-order valence-corrected chi connectivity index (χ4v) is 1.96. The Kier molecular flexibility index (Phi) is 16.2. The molecule has 0 radical (unpaired) electrons. The highest BCUT2D eigenvalue weighted by Gasteiger charge is 1.95. The van der Waals surface area contributed by atoms with Gasteiger partial charge in [0.05, 0.1) is 66.1 Å². The van der Waals surface area contributed by atoms with Crippen LogP contribution in [-0.4, -0.2) is 85.3 Å². The molecule has 0 saturated carbocycles. The van der Waals surface area contributed by atoms with E-state index in [2.05, 4.69) is 0 Å². The monoisotopic (exact) mass is 400 g/mol. The van der Waals surface area contributed by atoms with E-state index < -0.39 is 0 Å². The lowest BCUT2D eigenvalue weighted by molar-refractivity contribution is -0.142. The third-order valence-corrected chi connectivity index (χ3v) is 3.26. The number of carbonyl (C=O) groups excluding carboxylic acids is 1. The van der Waals surface area contributed by atoms with E-state index in [0.717, 1.165) is 5.75 Å². The van der Waals surface area contributed by atoms with Crippen molar-refractivity contribution in [1.82, 2.24) is 0 Å². The second-order valence-electron chi connectivity index (χ2n) is 5.56. The zero-order valence-corrected chi connectivity index (χ0v) is 16.6. The van der Waals surface area contributed by atoms with Crippen molar-refractivity contribution in [3.63, 3.8) is 0 Å². The SMILES string of the molecule is CC(=O)OCCOCCOCCOCCOCCOCCOc1ccccc1. The second kappa shape index (κ2) is 18.6. The van der Waals surface area contributed by atoms with Crippen LogP contribution in [0.15, 0.2) is 30.3 Å². The molecule has 0 aromatic heterocycles. The van der Waals surface area contributed by atoms with Crippen molar-refractivity contribution in [3.05, 3.63) is 30.3 Å². The first kappa shape index (κ1) is 24.3. The average Bonchev–Trinajstić information content (AvgIpc) is 2.70. The molecule has 0 aliphatic rings. The van der Waals surface area contributed by atoms with Gasteiger partial charge in [-0.25, -0.2) is 0 Å². The fourth-order valence-electron chi connectivity index (χ4n) is 1.96. The molecule has 0 aliphatic heterocycles. The van der Waals surface area contributed by atoms with Gasteiger partial charge >= 0.3 is 5.97 Å². The summed E-state index contributed by atoms with van der Waals surface area (Å²) in [5.74, 6) is 0.539. The summed E-state index contributed by atoms with van der Waals surface area (Å²) >= 11 is 0. The van der Waals surface area contributed by atoms with Crippen LogP contribution in [-0.2, 0) is 33.2 Å². The van der Waals surface area contributed by atoms with Crippen LogP contribution in [0.2, 0.25) is 0 Å². The summed E-state index contributed by atoms with van der Waals surface area (Å²) in [7, 11) is 0. The molecule has 0 N–H and O–H groups in total. The molecule has 8 heteroatoms. The Morgan fingerprint density at radius 1 is 0.607 bits per heavy atom. The smallest absolute Gasteiger partial charge is 0.302 e. The summed E-state index contributed by atoms with van der Waals surface area (Å²) in [5, 5.41) is 0. The van der Waals surface area contributed by atoms with E-state index in [1.165, 1.54) is 6.92 Å². The van der Waals surface area contributed by atoms with Crippen LogP contribution in [0.5, 0.6) is 5.75 Å². The number of rotatable bonds is 19. The molecule has 160 valence electrons. The van der Waals surface area contributed by atoms with E-state index in [9.17, 15) is 4.79 Å². The fraction of sp³-hybridized carbons (Fsp3) is 0.650. The van der Waals surface area contributed by atoms with Gasteiger partial charge in [-0.05, 0) is 12.1 Å². The van der Waals surface area contributed by atoms with Crippen molar-refractivity contribution in [2.75, 3.05) is 79.3 Å². The van der Waals surface area contributed by atoms with Gasteiger partial charge in [-0.15, -0.1) is 0 Å². The topological polar surface area (TPSA) is 81.7 Å². The highest BCUT2D eigenvalue weighted by atomic mass is 16.6. The van der Waals surface area contributed by atoms with Crippen LogP contribution in [0.1, 0.15) is 6.92 Å². The van der Waals surface area contributed by atoms with Gasteiger partial charge < -0.3 is 33.2 Å². The molecular formula is C20H32O8. The number of hydrogen-bond donors (Lipinski definition) is 0. The Morgan fingerprint density at radius 3 is 1.43 bits per heavy atom. The van der Waals surface area contributed by atoms with Crippen molar-refractivity contribution in [1.29, 1.82) is 0 Å². The van der Waals surface area contributed by atoms with Crippen molar-refractivity contribution >= 4 is 5.97 Å². The van der Waals surface area contributed by atoms with E-state index in [4.69, 9.17) is 33.2 Å². The van der Waals surface area contributed by atoms with Crippen molar-refractivity contribution in [2.24, 2.45) is 0 Å². The van der Waals surface area contributed by atoms with Crippen LogP contribution < -0.4 is 4.74 Å². The highest BCUT2D eigenvalue weighted by Crippen LogP contribution is 2.07. The van der Waals surface area contributed by atoms with E-state index in [0.29, 0.717) is 72.7 Å². The minimum absolute atomic E-state index is 0.269.